The Labute approximate surface area is 169 Å². The average molecular weight is 405 g/mol. The highest BCUT2D eigenvalue weighted by atomic mass is 35.5. The van der Waals surface area contributed by atoms with E-state index in [1.165, 1.54) is 43.9 Å². The van der Waals surface area contributed by atoms with Gasteiger partial charge in [0.15, 0.2) is 5.16 Å². The van der Waals surface area contributed by atoms with Gasteiger partial charge in [-0.15, -0.1) is 0 Å². The summed E-state index contributed by atoms with van der Waals surface area (Å²) >= 11 is 7.50. The highest BCUT2D eigenvalue weighted by molar-refractivity contribution is 7.99. The average Bonchev–Trinajstić information content (AvgIpc) is 2.68. The van der Waals surface area contributed by atoms with Crippen LogP contribution in [0.1, 0.15) is 37.7 Å². The number of carbonyl (C=O) groups is 1. The molecule has 1 aromatic heterocycles. The maximum atomic E-state index is 12.2. The van der Waals surface area contributed by atoms with Crippen LogP contribution in [-0.4, -0.2) is 34.7 Å². The monoisotopic (exact) mass is 404 g/mol. The Morgan fingerprint density at radius 3 is 2.63 bits per heavy atom. The zero-order valence-electron chi connectivity index (χ0n) is 15.7. The molecule has 1 aliphatic carbocycles. The Morgan fingerprint density at radius 2 is 1.93 bits per heavy atom. The van der Waals surface area contributed by atoms with Crippen molar-refractivity contribution in [2.45, 2.75) is 50.2 Å². The van der Waals surface area contributed by atoms with Gasteiger partial charge in [-0.05, 0) is 31.9 Å². The molecule has 0 atom stereocenters. The van der Waals surface area contributed by atoms with E-state index in [2.05, 4.69) is 27.2 Å². The van der Waals surface area contributed by atoms with Gasteiger partial charge in [-0.3, -0.25) is 4.79 Å². The molecule has 1 amide bonds. The molecule has 1 heterocycles. The fraction of sp³-hybridized carbons (Fsp3) is 0.450. The highest BCUT2D eigenvalue weighted by Gasteiger charge is 2.20. The van der Waals surface area contributed by atoms with Crippen LogP contribution in [0.3, 0.4) is 0 Å². The fourth-order valence-electron chi connectivity index (χ4n) is 3.25. The van der Waals surface area contributed by atoms with Gasteiger partial charge >= 0.3 is 0 Å². The van der Waals surface area contributed by atoms with Crippen LogP contribution in [0.25, 0.3) is 0 Å². The maximum Gasteiger partial charge on any atom is 0.234 e. The molecule has 27 heavy (non-hydrogen) atoms. The number of halogens is 1. The molecule has 0 radical (unpaired) electrons. The molecule has 1 saturated carbocycles. The summed E-state index contributed by atoms with van der Waals surface area (Å²) in [6.07, 6.45) is 6.19. The second kappa shape index (κ2) is 9.42. The summed E-state index contributed by atoms with van der Waals surface area (Å²) in [4.78, 5) is 23.3. The summed E-state index contributed by atoms with van der Waals surface area (Å²) in [5, 5.41) is 3.82. The van der Waals surface area contributed by atoms with E-state index in [4.69, 9.17) is 11.6 Å². The van der Waals surface area contributed by atoms with E-state index < -0.39 is 0 Å². The van der Waals surface area contributed by atoms with E-state index in [-0.39, 0.29) is 11.7 Å². The number of aryl methyl sites for hydroxylation is 1. The second-order valence-electron chi connectivity index (χ2n) is 6.94. The molecule has 0 aliphatic heterocycles. The van der Waals surface area contributed by atoms with Gasteiger partial charge in [0.2, 0.25) is 5.91 Å². The van der Waals surface area contributed by atoms with Crippen LogP contribution in [0.4, 0.5) is 11.5 Å². The minimum Gasteiger partial charge on any atom is -0.357 e. The van der Waals surface area contributed by atoms with Crippen LogP contribution < -0.4 is 10.2 Å². The first kappa shape index (κ1) is 20.0. The third-order valence-corrected chi connectivity index (χ3v) is 5.85. The van der Waals surface area contributed by atoms with Gasteiger partial charge in [0, 0.05) is 24.8 Å². The molecule has 144 valence electrons. The number of rotatable bonds is 6. The number of amides is 1. The Kier molecular flexibility index (Phi) is 6.96. The number of nitrogens with one attached hydrogen (secondary N) is 1. The predicted molar refractivity (Wildman–Crippen MR) is 113 cm³/mol. The van der Waals surface area contributed by atoms with Crippen molar-refractivity contribution in [3.63, 3.8) is 0 Å². The van der Waals surface area contributed by atoms with Crippen LogP contribution in [0.2, 0.25) is 5.15 Å². The van der Waals surface area contributed by atoms with Gasteiger partial charge in [0.05, 0.1) is 5.75 Å². The zero-order chi connectivity index (χ0) is 19.2. The molecule has 7 heteroatoms. The van der Waals surface area contributed by atoms with Crippen LogP contribution in [-0.2, 0) is 4.79 Å². The summed E-state index contributed by atoms with van der Waals surface area (Å²) in [5.41, 5.74) is 1.94. The smallest absolute Gasteiger partial charge is 0.234 e. The van der Waals surface area contributed by atoms with Crippen LogP contribution in [0.5, 0.6) is 0 Å². The number of benzene rings is 1. The number of nitrogens with zero attached hydrogens (tertiary/aromatic N) is 3. The van der Waals surface area contributed by atoms with Gasteiger partial charge < -0.3 is 10.2 Å². The van der Waals surface area contributed by atoms with Crippen LogP contribution in [0.15, 0.2) is 35.5 Å². The van der Waals surface area contributed by atoms with Crippen molar-refractivity contribution in [2.24, 2.45) is 0 Å². The Balaban J connectivity index is 1.60. The molecular weight excluding hydrogens is 380 g/mol. The number of hydrogen-bond acceptors (Lipinski definition) is 5. The first-order chi connectivity index (χ1) is 13.0. The number of hydrogen-bond donors (Lipinski definition) is 1. The van der Waals surface area contributed by atoms with E-state index >= 15 is 0 Å². The lowest BCUT2D eigenvalue weighted by molar-refractivity contribution is -0.113. The predicted octanol–water partition coefficient (Wildman–Crippen LogP) is 4.94. The van der Waals surface area contributed by atoms with Crippen molar-refractivity contribution >= 4 is 40.8 Å². The van der Waals surface area contributed by atoms with Crippen molar-refractivity contribution in [3.05, 3.63) is 41.0 Å². The highest BCUT2D eigenvalue weighted by Crippen LogP contribution is 2.27. The first-order valence-electron chi connectivity index (χ1n) is 9.28. The van der Waals surface area contributed by atoms with Gasteiger partial charge in [0.25, 0.3) is 0 Å². The molecule has 1 N–H and O–H groups in total. The zero-order valence-corrected chi connectivity index (χ0v) is 17.3. The SMILES string of the molecule is Cc1ccc(NC(=O)CSc2nc(Cl)cc(N(C)C3CCCCC3)n2)cc1. The maximum absolute atomic E-state index is 12.2. The minimum atomic E-state index is -0.0883. The molecule has 1 aromatic carbocycles. The van der Waals surface area contributed by atoms with E-state index in [0.29, 0.717) is 16.4 Å². The normalized spacial score (nSPS) is 14.8. The third kappa shape index (κ3) is 5.84. The topological polar surface area (TPSA) is 58.1 Å². The summed E-state index contributed by atoms with van der Waals surface area (Å²) in [6, 6.07) is 10.0. The molecule has 2 aromatic rings. The molecule has 1 aliphatic rings. The lowest BCUT2D eigenvalue weighted by atomic mass is 9.94. The van der Waals surface area contributed by atoms with Crippen LogP contribution in [0, 0.1) is 6.92 Å². The summed E-state index contributed by atoms with van der Waals surface area (Å²) in [7, 11) is 2.06. The quantitative estimate of drug-likeness (QED) is 0.420. The molecule has 1 fully saturated rings. The molecule has 5 nitrogen and oxygen atoms in total. The summed E-state index contributed by atoms with van der Waals surface area (Å²) in [6.45, 7) is 2.01. The number of anilines is 2. The minimum absolute atomic E-state index is 0.0883. The van der Waals surface area contributed by atoms with Crippen molar-refractivity contribution in [2.75, 3.05) is 23.0 Å². The van der Waals surface area contributed by atoms with Crippen molar-refractivity contribution in [3.8, 4) is 0 Å². The lowest BCUT2D eigenvalue weighted by Crippen LogP contribution is -2.34. The summed E-state index contributed by atoms with van der Waals surface area (Å²) in [5.74, 6) is 0.971. The molecular formula is C20H25ClN4OS. The van der Waals surface area contributed by atoms with Gasteiger partial charge in [-0.2, -0.15) is 0 Å². The van der Waals surface area contributed by atoms with Crippen molar-refractivity contribution in [1.29, 1.82) is 0 Å². The Hall–Kier alpha value is -1.79. The van der Waals surface area contributed by atoms with Gasteiger partial charge in [0.1, 0.15) is 11.0 Å². The van der Waals surface area contributed by atoms with Crippen LogP contribution >= 0.6 is 23.4 Å². The van der Waals surface area contributed by atoms with E-state index in [1.807, 2.05) is 31.2 Å². The lowest BCUT2D eigenvalue weighted by Gasteiger charge is -2.32. The number of carbonyl (C=O) groups excluding carboxylic acids is 1. The molecule has 3 rings (SSSR count). The van der Waals surface area contributed by atoms with E-state index in [1.54, 1.807) is 6.07 Å². The first-order valence-corrected chi connectivity index (χ1v) is 10.6. The molecule has 0 bridgehead atoms. The second-order valence-corrected chi connectivity index (χ2v) is 8.27. The van der Waals surface area contributed by atoms with E-state index in [9.17, 15) is 4.79 Å². The largest absolute Gasteiger partial charge is 0.357 e. The molecule has 0 spiro atoms. The Bertz CT molecular complexity index is 778. The van der Waals surface area contributed by atoms with E-state index in [0.717, 1.165) is 17.1 Å². The van der Waals surface area contributed by atoms with Gasteiger partial charge in [-0.1, -0.05) is 60.3 Å². The Morgan fingerprint density at radius 1 is 1.22 bits per heavy atom. The van der Waals surface area contributed by atoms with Crippen molar-refractivity contribution < 1.29 is 4.79 Å². The fourth-order valence-corrected chi connectivity index (χ4v) is 4.13. The molecule has 0 unspecified atom stereocenters. The number of aromatic nitrogens is 2. The third-order valence-electron chi connectivity index (χ3n) is 4.81. The number of thioether (sulfide) groups is 1. The standard InChI is InChI=1S/C20H25ClN4OS/c1-14-8-10-15(11-9-14)22-19(26)13-27-20-23-17(21)12-18(24-20)25(2)16-6-4-3-5-7-16/h8-12,16H,3-7,13H2,1-2H3,(H,22,26). The summed E-state index contributed by atoms with van der Waals surface area (Å²) < 4.78 is 0. The van der Waals surface area contributed by atoms with Gasteiger partial charge in [-0.25, -0.2) is 9.97 Å². The van der Waals surface area contributed by atoms with Crippen molar-refractivity contribution in [1.82, 2.24) is 9.97 Å². The molecule has 0 saturated heterocycles.